The number of hydrogen-bond acceptors (Lipinski definition) is 0. The fraction of sp³-hybridized carbons (Fsp3) is 0.294. The van der Waals surface area contributed by atoms with Crippen molar-refractivity contribution in [1.82, 2.24) is 4.57 Å². The molecule has 1 spiro atoms. The first kappa shape index (κ1) is 15.5. The van der Waals surface area contributed by atoms with E-state index in [9.17, 15) is 0 Å². The first-order valence-corrected chi connectivity index (χ1v) is 20.3. The number of para-hydroxylation sites is 1. The van der Waals surface area contributed by atoms with Crippen LogP contribution in [0.1, 0.15) is 5.69 Å². The molecule has 10 saturated heterocycles. The van der Waals surface area contributed by atoms with Gasteiger partial charge in [0.25, 0.3) is 0 Å². The van der Waals surface area contributed by atoms with E-state index < -0.39 is 6.51 Å². The maximum atomic E-state index is 2.84. The Morgan fingerprint density at radius 1 is 0.556 bits per heavy atom. The fourth-order valence-electron chi connectivity index (χ4n) is 20.9. The van der Waals surface area contributed by atoms with E-state index in [4.69, 9.17) is 0 Å². The molecule has 4 unspecified atom stereocenters. The molecule has 4 aromatic carbocycles. The molecule has 1 aromatic heterocycles. The Balaban J connectivity index is 1.13. The molecular formula is C34H25FeN. The fourth-order valence-corrected chi connectivity index (χ4v) is 94.9. The van der Waals surface area contributed by atoms with Gasteiger partial charge in [-0.3, -0.25) is 0 Å². The van der Waals surface area contributed by atoms with Crippen molar-refractivity contribution < 1.29 is 6.51 Å². The van der Waals surface area contributed by atoms with Gasteiger partial charge in [0.2, 0.25) is 0 Å². The van der Waals surface area contributed by atoms with E-state index in [1.54, 1.807) is 0 Å². The molecule has 15 rings (SSSR count). The van der Waals surface area contributed by atoms with Crippen molar-refractivity contribution in [2.24, 2.45) is 0 Å². The molecule has 10 aliphatic heterocycles. The summed E-state index contributed by atoms with van der Waals surface area (Å²) in [6.45, 7) is -3.34. The number of nitrogens with zero attached hydrogens (tertiary/aromatic N) is 1. The third-order valence-electron chi connectivity index (χ3n) is 20.0. The number of benzene rings is 4. The van der Waals surface area contributed by atoms with Gasteiger partial charge in [-0.2, -0.15) is 0 Å². The molecule has 11 heterocycles. The second-order valence-electron chi connectivity index (χ2n) is 16.2. The van der Waals surface area contributed by atoms with Crippen molar-refractivity contribution in [3.05, 3.63) is 103 Å². The first-order chi connectivity index (χ1) is 17.6. The van der Waals surface area contributed by atoms with Gasteiger partial charge in [-0.05, 0) is 0 Å². The molecular weight excluding hydrogens is 478 g/mol. The first-order valence-electron chi connectivity index (χ1n) is 14.0. The molecule has 4 atom stereocenters. The second-order valence-corrected chi connectivity index (χ2v) is 39.7. The van der Waals surface area contributed by atoms with Gasteiger partial charge < -0.3 is 0 Å². The summed E-state index contributed by atoms with van der Waals surface area (Å²) in [7, 11) is 0. The van der Waals surface area contributed by atoms with Crippen LogP contribution in [0.2, 0.25) is 43.3 Å². The summed E-state index contributed by atoms with van der Waals surface area (Å²) < 4.78 is 3.56. The van der Waals surface area contributed by atoms with E-state index in [2.05, 4.69) is 102 Å². The number of aromatic nitrogens is 1. The van der Waals surface area contributed by atoms with Crippen LogP contribution in [-0.2, 0) is 10.8 Å². The van der Waals surface area contributed by atoms with E-state index in [1.165, 1.54) is 81.8 Å². The van der Waals surface area contributed by atoms with Gasteiger partial charge in [0, 0.05) is 0 Å². The minimum atomic E-state index is -3.34. The molecule has 0 N–H and O–H groups in total. The Labute approximate surface area is 199 Å². The van der Waals surface area contributed by atoms with E-state index in [0.717, 1.165) is 4.31 Å². The topological polar surface area (TPSA) is 4.93 Å². The van der Waals surface area contributed by atoms with E-state index in [0.29, 0.717) is 0 Å². The summed E-state index contributed by atoms with van der Waals surface area (Å²) in [5, 5.41) is 4.24. The predicted molar refractivity (Wildman–Crippen MR) is 142 cm³/mol. The molecule has 0 bridgehead atoms. The summed E-state index contributed by atoms with van der Waals surface area (Å²) in [5.74, 6) is 0. The molecule has 5 aromatic rings. The molecule has 0 radical (unpaired) electrons. The third-order valence-corrected chi connectivity index (χ3v) is 62.3. The van der Waals surface area contributed by atoms with Crippen molar-refractivity contribution in [1.29, 1.82) is 0 Å². The summed E-state index contributed by atoms with van der Waals surface area (Å²) in [4.78, 5) is 11.9. The van der Waals surface area contributed by atoms with Crippen LogP contribution in [0.15, 0.2) is 97.1 Å². The van der Waals surface area contributed by atoms with Gasteiger partial charge in [-0.25, -0.2) is 0 Å². The average Bonchev–Trinajstić information content (AvgIpc) is 3.83. The molecule has 2 heteroatoms. The molecule has 0 aliphatic carbocycles. The number of hydrogen-bond donors (Lipinski definition) is 0. The van der Waals surface area contributed by atoms with Crippen LogP contribution < -0.4 is 0 Å². The van der Waals surface area contributed by atoms with Crippen LogP contribution in [0.5, 0.6) is 0 Å². The van der Waals surface area contributed by atoms with E-state index >= 15 is 0 Å². The summed E-state index contributed by atoms with van der Waals surface area (Å²) in [6, 6.07) is 37.1. The van der Waals surface area contributed by atoms with Gasteiger partial charge in [-0.15, -0.1) is 0 Å². The molecule has 10 aliphatic rings. The van der Waals surface area contributed by atoms with Crippen LogP contribution in [0.3, 0.4) is 0 Å². The van der Waals surface area contributed by atoms with Crippen molar-refractivity contribution in [2.75, 3.05) is 0 Å². The Morgan fingerprint density at radius 3 is 1.86 bits per heavy atom. The predicted octanol–water partition coefficient (Wildman–Crippen LogP) is 9.25. The van der Waals surface area contributed by atoms with Gasteiger partial charge in [-0.1, -0.05) is 0 Å². The monoisotopic (exact) mass is 503 g/mol. The van der Waals surface area contributed by atoms with E-state index in [-0.39, 0.29) is 0 Å². The minimum absolute atomic E-state index is 0.724. The van der Waals surface area contributed by atoms with Crippen LogP contribution >= 0.6 is 0 Å². The maximum absolute atomic E-state index is 3.34. The average molecular weight is 503 g/mol. The Kier molecular flexibility index (Phi) is 0.963. The van der Waals surface area contributed by atoms with E-state index in [1.807, 2.05) is 5.69 Å². The molecule has 36 heavy (non-hydrogen) atoms. The van der Waals surface area contributed by atoms with Crippen molar-refractivity contribution >= 4 is 21.7 Å². The van der Waals surface area contributed by atoms with Gasteiger partial charge >= 0.3 is 200 Å². The number of rotatable bonds is 3. The van der Waals surface area contributed by atoms with Gasteiger partial charge in [0.1, 0.15) is 0 Å². The third kappa shape index (κ3) is 0.368. The van der Waals surface area contributed by atoms with Crippen molar-refractivity contribution in [3.8, 4) is 16.8 Å². The van der Waals surface area contributed by atoms with Gasteiger partial charge in [0.05, 0.1) is 0 Å². The van der Waals surface area contributed by atoms with Crippen LogP contribution in [0.25, 0.3) is 38.5 Å². The normalized spacial score (nSPS) is 62.6. The number of fused-ring (bicyclic) bond motifs is 12. The van der Waals surface area contributed by atoms with Gasteiger partial charge in [0.15, 0.2) is 0 Å². The molecule has 0 saturated carbocycles. The van der Waals surface area contributed by atoms with Crippen molar-refractivity contribution in [2.45, 2.75) is 47.7 Å². The molecule has 0 amide bonds. The zero-order valence-corrected chi connectivity index (χ0v) is 20.8. The summed E-state index contributed by atoms with van der Waals surface area (Å²) in [6.07, 6.45) is 0. The zero-order chi connectivity index (χ0) is 22.5. The summed E-state index contributed by atoms with van der Waals surface area (Å²) >= 11 is 0. The zero-order valence-electron chi connectivity index (χ0n) is 19.7. The molecule has 174 valence electrons. The Hall–Kier alpha value is -2.80. The Bertz CT molecular complexity index is 2330. The van der Waals surface area contributed by atoms with Crippen molar-refractivity contribution in [3.63, 3.8) is 0 Å². The summed E-state index contributed by atoms with van der Waals surface area (Å²) in [5.41, 5.74) is 7.35. The SMILES string of the molecule is c1ccc(-c2cc(-n3c([C]45[CH]6[CH]7[CH]8[CH]4[Fe]786549%10%11[CH]5[CH]4[CH]9[CH]%10[CH]5%11)cc4ccccc43)c3ccccc3c2)cc1. The molecule has 10 fully saturated rings. The standard InChI is InChI=1S/C29H20N.C5H5.Fe/c1-2-10-21(11-3-1)25-18-23-14-6-8-16-26(23)29(20-25)30-27-17-9-7-15-24(27)19-28(30)22-12-4-5-13-22;1-2-4-5-3-1;/h1-20H;1-5H;. The van der Waals surface area contributed by atoms with Crippen LogP contribution in [0, 0.1) is 0 Å². The second kappa shape index (κ2) is 2.24. The quantitative estimate of drug-likeness (QED) is 0.216. The van der Waals surface area contributed by atoms with Crippen LogP contribution in [-0.4, -0.2) is 4.57 Å². The van der Waals surface area contributed by atoms with Crippen LogP contribution in [0.4, 0.5) is 0 Å². The molecule has 1 nitrogen and oxygen atoms in total. The Morgan fingerprint density at radius 2 is 1.19 bits per heavy atom.